The van der Waals surface area contributed by atoms with Crippen LogP contribution in [0.25, 0.3) is 11.0 Å². The molecule has 112 valence electrons. The maximum absolute atomic E-state index is 13.6. The fourth-order valence-corrected chi connectivity index (χ4v) is 2.75. The third-order valence-corrected chi connectivity index (χ3v) is 3.72. The maximum atomic E-state index is 13.6. The maximum Gasteiger partial charge on any atom is 0.323 e. The summed E-state index contributed by atoms with van der Waals surface area (Å²) < 4.78 is 18.4. The fraction of sp³-hybridized carbons (Fsp3) is 0.429. The Morgan fingerprint density at radius 2 is 2.43 bits per heavy atom. The number of aliphatic hydroxyl groups excluding tert-OH is 1. The van der Waals surface area contributed by atoms with E-state index >= 15 is 0 Å². The molecule has 1 aliphatic heterocycles. The average Bonchev–Trinajstić information content (AvgIpc) is 3.02. The molecule has 0 amide bonds. The molecule has 21 heavy (non-hydrogen) atoms. The molecule has 7 heteroatoms. The Morgan fingerprint density at radius 1 is 1.62 bits per heavy atom. The van der Waals surface area contributed by atoms with Gasteiger partial charge in [-0.05, 0) is 12.1 Å². The van der Waals surface area contributed by atoms with Gasteiger partial charge in [0.1, 0.15) is 17.4 Å². The zero-order valence-electron chi connectivity index (χ0n) is 11.5. The van der Waals surface area contributed by atoms with Crippen molar-refractivity contribution in [1.29, 1.82) is 0 Å². The van der Waals surface area contributed by atoms with Crippen LogP contribution in [0.5, 0.6) is 0 Å². The van der Waals surface area contributed by atoms with Gasteiger partial charge in [0.2, 0.25) is 0 Å². The summed E-state index contributed by atoms with van der Waals surface area (Å²) in [6.07, 6.45) is -0.239. The first-order chi connectivity index (χ1) is 10.1. The SMILES string of the molecule is COC(=O)[C@@H]1C[C@@H](O)CN1Cc1nc2c(F)cccc2[nH]1. The molecule has 2 aromatic rings. The lowest BCUT2D eigenvalue weighted by atomic mass is 10.2. The third kappa shape index (κ3) is 2.62. The molecule has 1 saturated heterocycles. The molecule has 0 bridgehead atoms. The first-order valence-corrected chi connectivity index (χ1v) is 6.71. The number of likely N-dealkylation sites (tertiary alicyclic amines) is 1. The molecule has 1 aromatic heterocycles. The molecule has 3 rings (SSSR count). The lowest BCUT2D eigenvalue weighted by Gasteiger charge is -2.20. The van der Waals surface area contributed by atoms with Crippen molar-refractivity contribution in [3.8, 4) is 0 Å². The second-order valence-corrected chi connectivity index (χ2v) is 5.18. The van der Waals surface area contributed by atoms with Crippen molar-refractivity contribution in [1.82, 2.24) is 14.9 Å². The first-order valence-electron chi connectivity index (χ1n) is 6.71. The molecule has 0 aliphatic carbocycles. The van der Waals surface area contributed by atoms with E-state index in [1.54, 1.807) is 17.0 Å². The van der Waals surface area contributed by atoms with E-state index < -0.39 is 12.1 Å². The van der Waals surface area contributed by atoms with E-state index in [-0.39, 0.29) is 17.3 Å². The van der Waals surface area contributed by atoms with Crippen LogP contribution >= 0.6 is 0 Å². The third-order valence-electron chi connectivity index (χ3n) is 3.72. The van der Waals surface area contributed by atoms with Gasteiger partial charge in [-0.15, -0.1) is 0 Å². The monoisotopic (exact) mass is 293 g/mol. The molecule has 6 nitrogen and oxygen atoms in total. The quantitative estimate of drug-likeness (QED) is 0.819. The number of aromatic amines is 1. The Bertz CT molecular complexity index is 673. The number of methoxy groups -OCH3 is 1. The number of nitrogens with one attached hydrogen (secondary N) is 1. The number of H-pyrrole nitrogens is 1. The summed E-state index contributed by atoms with van der Waals surface area (Å²) in [4.78, 5) is 20.7. The molecule has 0 spiro atoms. The van der Waals surface area contributed by atoms with E-state index in [0.29, 0.717) is 30.9 Å². The largest absolute Gasteiger partial charge is 0.468 e. The molecule has 0 saturated carbocycles. The number of aromatic nitrogens is 2. The number of nitrogens with zero attached hydrogens (tertiary/aromatic N) is 2. The molecule has 1 fully saturated rings. The lowest BCUT2D eigenvalue weighted by molar-refractivity contribution is -0.146. The smallest absolute Gasteiger partial charge is 0.323 e. The topological polar surface area (TPSA) is 78.5 Å². The van der Waals surface area contributed by atoms with Crippen LogP contribution in [0.4, 0.5) is 4.39 Å². The summed E-state index contributed by atoms with van der Waals surface area (Å²) in [5, 5.41) is 9.74. The van der Waals surface area contributed by atoms with Gasteiger partial charge in [0.05, 0.1) is 25.3 Å². The van der Waals surface area contributed by atoms with Crippen LogP contribution < -0.4 is 0 Å². The van der Waals surface area contributed by atoms with Crippen molar-refractivity contribution in [2.24, 2.45) is 0 Å². The number of hydrogen-bond acceptors (Lipinski definition) is 5. The van der Waals surface area contributed by atoms with Crippen LogP contribution in [0.15, 0.2) is 18.2 Å². The summed E-state index contributed by atoms with van der Waals surface area (Å²) in [7, 11) is 1.32. The number of para-hydroxylation sites is 1. The summed E-state index contributed by atoms with van der Waals surface area (Å²) >= 11 is 0. The van der Waals surface area contributed by atoms with Crippen molar-refractivity contribution < 1.29 is 19.0 Å². The fourth-order valence-electron chi connectivity index (χ4n) is 2.75. The summed E-state index contributed by atoms with van der Waals surface area (Å²) in [5.74, 6) is -0.215. The van der Waals surface area contributed by atoms with Crippen LogP contribution in [0.1, 0.15) is 12.2 Å². The summed E-state index contributed by atoms with van der Waals surface area (Å²) in [6, 6.07) is 4.20. The van der Waals surface area contributed by atoms with Gasteiger partial charge >= 0.3 is 5.97 Å². The van der Waals surface area contributed by atoms with E-state index in [9.17, 15) is 14.3 Å². The standard InChI is InChI=1S/C14H16FN3O3/c1-21-14(20)11-5-8(19)6-18(11)7-12-16-10-4-2-3-9(15)13(10)17-12/h2-4,8,11,19H,5-7H2,1H3,(H,16,17)/t8-,11+/m1/s1. The van der Waals surface area contributed by atoms with Gasteiger partial charge in [-0.25, -0.2) is 9.37 Å². The first kappa shape index (κ1) is 14.0. The minimum absolute atomic E-state index is 0.280. The van der Waals surface area contributed by atoms with Crippen LogP contribution in [0.3, 0.4) is 0 Å². The van der Waals surface area contributed by atoms with Gasteiger partial charge < -0.3 is 14.8 Å². The van der Waals surface area contributed by atoms with Crippen LogP contribution in [0.2, 0.25) is 0 Å². The number of carbonyl (C=O) groups is 1. The van der Waals surface area contributed by atoms with Crippen molar-refractivity contribution in [2.75, 3.05) is 13.7 Å². The number of fused-ring (bicyclic) bond motifs is 1. The van der Waals surface area contributed by atoms with Gasteiger partial charge in [-0.1, -0.05) is 6.07 Å². The molecule has 2 N–H and O–H groups in total. The number of hydrogen-bond donors (Lipinski definition) is 2. The Kier molecular flexibility index (Phi) is 3.60. The molecule has 2 heterocycles. The number of halogens is 1. The highest BCUT2D eigenvalue weighted by atomic mass is 19.1. The van der Waals surface area contributed by atoms with E-state index in [1.165, 1.54) is 13.2 Å². The Morgan fingerprint density at radius 3 is 3.14 bits per heavy atom. The minimum Gasteiger partial charge on any atom is -0.468 e. The summed E-state index contributed by atoms with van der Waals surface area (Å²) in [6.45, 7) is 0.685. The summed E-state index contributed by atoms with van der Waals surface area (Å²) in [5.41, 5.74) is 0.890. The van der Waals surface area contributed by atoms with E-state index in [1.807, 2.05) is 0 Å². The predicted octanol–water partition coefficient (Wildman–Crippen LogP) is 0.810. The number of esters is 1. The van der Waals surface area contributed by atoms with Gasteiger partial charge in [-0.2, -0.15) is 0 Å². The number of β-amino-alcohol motifs (C(OH)–C–C–N with tert-alkyl or cyclic N) is 1. The van der Waals surface area contributed by atoms with Gasteiger partial charge in [0, 0.05) is 13.0 Å². The molecule has 1 aromatic carbocycles. The van der Waals surface area contributed by atoms with Crippen molar-refractivity contribution in [2.45, 2.75) is 25.1 Å². The Balaban J connectivity index is 1.83. The van der Waals surface area contributed by atoms with E-state index in [0.717, 1.165) is 0 Å². The number of ether oxygens (including phenoxy) is 1. The second-order valence-electron chi connectivity index (χ2n) is 5.18. The predicted molar refractivity (Wildman–Crippen MR) is 72.9 cm³/mol. The normalized spacial score (nSPS) is 22.8. The molecular formula is C14H16FN3O3. The second kappa shape index (κ2) is 5.42. The van der Waals surface area contributed by atoms with Crippen LogP contribution in [0, 0.1) is 5.82 Å². The molecule has 0 radical (unpaired) electrons. The zero-order chi connectivity index (χ0) is 15.0. The number of imidazole rings is 1. The van der Waals surface area contributed by atoms with E-state index in [2.05, 4.69) is 9.97 Å². The number of benzene rings is 1. The molecule has 0 unspecified atom stereocenters. The lowest BCUT2D eigenvalue weighted by Crippen LogP contribution is -2.36. The van der Waals surface area contributed by atoms with Crippen molar-refractivity contribution in [3.05, 3.63) is 29.8 Å². The van der Waals surface area contributed by atoms with Crippen molar-refractivity contribution in [3.63, 3.8) is 0 Å². The highest BCUT2D eigenvalue weighted by molar-refractivity contribution is 5.76. The molecule has 1 aliphatic rings. The Labute approximate surface area is 120 Å². The van der Waals surface area contributed by atoms with Crippen LogP contribution in [-0.2, 0) is 16.1 Å². The van der Waals surface area contributed by atoms with E-state index in [4.69, 9.17) is 4.74 Å². The average molecular weight is 293 g/mol. The van der Waals surface area contributed by atoms with Gasteiger partial charge in [0.25, 0.3) is 0 Å². The number of rotatable bonds is 3. The van der Waals surface area contributed by atoms with Crippen molar-refractivity contribution >= 4 is 17.0 Å². The number of carbonyl (C=O) groups excluding carboxylic acids is 1. The molecular weight excluding hydrogens is 277 g/mol. The molecule has 2 atom stereocenters. The minimum atomic E-state index is -0.574. The highest BCUT2D eigenvalue weighted by Crippen LogP contribution is 2.22. The van der Waals surface area contributed by atoms with Gasteiger partial charge in [-0.3, -0.25) is 9.69 Å². The zero-order valence-corrected chi connectivity index (χ0v) is 11.5. The van der Waals surface area contributed by atoms with Crippen LogP contribution in [-0.4, -0.2) is 51.7 Å². The van der Waals surface area contributed by atoms with Gasteiger partial charge in [0.15, 0.2) is 5.82 Å². The Hall–Kier alpha value is -1.99. The number of aliphatic hydroxyl groups is 1. The highest BCUT2D eigenvalue weighted by Gasteiger charge is 2.37.